The number of benzene rings is 1. The largest absolute Gasteiger partial charge is 0.507 e. The van der Waals surface area contributed by atoms with Crippen molar-refractivity contribution in [2.24, 2.45) is 0 Å². The predicted molar refractivity (Wildman–Crippen MR) is 126 cm³/mol. The Morgan fingerprint density at radius 3 is 2.61 bits per heavy atom. The molecule has 2 aliphatic heterocycles. The number of hydrogen-bond acceptors (Lipinski definition) is 6. The Balaban J connectivity index is 1.71. The molecule has 1 saturated heterocycles. The molecule has 0 aliphatic carbocycles. The Morgan fingerprint density at radius 1 is 1.18 bits per heavy atom. The van der Waals surface area contributed by atoms with Crippen molar-refractivity contribution in [1.82, 2.24) is 14.8 Å². The van der Waals surface area contributed by atoms with E-state index in [9.17, 15) is 14.7 Å². The molecule has 3 heterocycles. The molecule has 0 bridgehead atoms. The SMILES string of the molecule is CCN(CC)CCCN1C(=O)C(=O)/C(=C(/O)c2ccc3c(c2)C[C@H](C)O3)[C@@H]1c1ccncc1. The summed E-state index contributed by atoms with van der Waals surface area (Å²) in [4.78, 5) is 34.2. The first-order valence-electron chi connectivity index (χ1n) is 11.6. The van der Waals surface area contributed by atoms with Gasteiger partial charge in [-0.25, -0.2) is 0 Å². The highest BCUT2D eigenvalue weighted by atomic mass is 16.5. The molecule has 0 spiro atoms. The lowest BCUT2D eigenvalue weighted by Gasteiger charge is -2.26. The molecule has 2 aromatic rings. The van der Waals surface area contributed by atoms with Crippen molar-refractivity contribution in [3.8, 4) is 5.75 Å². The van der Waals surface area contributed by atoms with Crippen LogP contribution >= 0.6 is 0 Å². The summed E-state index contributed by atoms with van der Waals surface area (Å²) in [6.07, 6.45) is 4.83. The fourth-order valence-electron chi connectivity index (χ4n) is 4.73. The van der Waals surface area contributed by atoms with Crippen molar-refractivity contribution in [3.05, 3.63) is 65.0 Å². The van der Waals surface area contributed by atoms with Gasteiger partial charge >= 0.3 is 0 Å². The topological polar surface area (TPSA) is 83.0 Å². The van der Waals surface area contributed by atoms with Crippen LogP contribution in [-0.2, 0) is 16.0 Å². The van der Waals surface area contributed by atoms with Crippen LogP contribution in [0.2, 0.25) is 0 Å². The zero-order valence-electron chi connectivity index (χ0n) is 19.5. The fourth-order valence-corrected chi connectivity index (χ4v) is 4.73. The number of aromatic nitrogens is 1. The van der Waals surface area contributed by atoms with Gasteiger partial charge < -0.3 is 19.6 Å². The van der Waals surface area contributed by atoms with Crippen molar-refractivity contribution in [2.45, 2.75) is 45.8 Å². The molecule has 0 saturated carbocycles. The van der Waals surface area contributed by atoms with Crippen LogP contribution in [0.25, 0.3) is 5.76 Å². The lowest BCUT2D eigenvalue weighted by molar-refractivity contribution is -0.140. The molecule has 0 radical (unpaired) electrons. The third-order valence-corrected chi connectivity index (χ3v) is 6.50. The molecule has 2 aliphatic rings. The van der Waals surface area contributed by atoms with Crippen molar-refractivity contribution in [3.63, 3.8) is 0 Å². The van der Waals surface area contributed by atoms with E-state index in [0.717, 1.165) is 49.4 Å². The van der Waals surface area contributed by atoms with Gasteiger partial charge in [-0.05, 0) is 74.4 Å². The molecule has 174 valence electrons. The van der Waals surface area contributed by atoms with Crippen LogP contribution in [0, 0.1) is 0 Å². The summed E-state index contributed by atoms with van der Waals surface area (Å²) in [7, 11) is 0. The Kier molecular flexibility index (Phi) is 6.79. The van der Waals surface area contributed by atoms with Gasteiger partial charge in [-0.2, -0.15) is 0 Å². The first-order chi connectivity index (χ1) is 15.9. The number of fused-ring (bicyclic) bond motifs is 1. The number of Topliss-reactive ketones (excluding diaryl/α,β-unsaturated/α-hetero) is 1. The van der Waals surface area contributed by atoms with Crippen molar-refractivity contribution in [1.29, 1.82) is 0 Å². The highest BCUT2D eigenvalue weighted by Crippen LogP contribution is 2.40. The van der Waals surface area contributed by atoms with E-state index in [1.807, 2.05) is 19.1 Å². The summed E-state index contributed by atoms with van der Waals surface area (Å²) >= 11 is 0. The zero-order chi connectivity index (χ0) is 23.5. The van der Waals surface area contributed by atoms with E-state index >= 15 is 0 Å². The summed E-state index contributed by atoms with van der Waals surface area (Å²) in [5.41, 5.74) is 2.39. The summed E-state index contributed by atoms with van der Waals surface area (Å²) in [5.74, 6) is -0.580. The Labute approximate surface area is 194 Å². The number of ether oxygens (including phenoxy) is 1. The second-order valence-electron chi connectivity index (χ2n) is 8.61. The van der Waals surface area contributed by atoms with Crippen LogP contribution < -0.4 is 4.74 Å². The van der Waals surface area contributed by atoms with E-state index in [-0.39, 0.29) is 17.4 Å². The van der Waals surface area contributed by atoms with Crippen LogP contribution in [0.5, 0.6) is 5.75 Å². The van der Waals surface area contributed by atoms with Crippen LogP contribution in [0.15, 0.2) is 48.3 Å². The van der Waals surface area contributed by atoms with Crippen LogP contribution in [0.4, 0.5) is 0 Å². The Morgan fingerprint density at radius 2 is 1.91 bits per heavy atom. The number of ketones is 1. The highest BCUT2D eigenvalue weighted by Gasteiger charge is 2.45. The average Bonchev–Trinajstić information content (AvgIpc) is 3.32. The number of carbonyl (C=O) groups excluding carboxylic acids is 2. The molecule has 2 atom stereocenters. The van der Waals surface area contributed by atoms with Crippen molar-refractivity contribution in [2.75, 3.05) is 26.2 Å². The van der Waals surface area contributed by atoms with E-state index in [2.05, 4.69) is 23.7 Å². The van der Waals surface area contributed by atoms with E-state index in [0.29, 0.717) is 12.1 Å². The second kappa shape index (κ2) is 9.75. The van der Waals surface area contributed by atoms with Crippen LogP contribution in [-0.4, -0.2) is 63.9 Å². The van der Waals surface area contributed by atoms with E-state index in [1.165, 1.54) is 0 Å². The van der Waals surface area contributed by atoms with Gasteiger partial charge in [0, 0.05) is 30.9 Å². The number of rotatable bonds is 8. The van der Waals surface area contributed by atoms with Crippen LogP contribution in [0.1, 0.15) is 49.9 Å². The molecular formula is C26H31N3O4. The molecule has 1 aromatic heterocycles. The first kappa shape index (κ1) is 23.0. The summed E-state index contributed by atoms with van der Waals surface area (Å²) in [6.45, 7) is 9.34. The van der Waals surface area contributed by atoms with E-state index < -0.39 is 17.7 Å². The molecule has 1 amide bonds. The maximum absolute atomic E-state index is 13.1. The lowest BCUT2D eigenvalue weighted by atomic mass is 9.95. The number of likely N-dealkylation sites (tertiary alicyclic amines) is 1. The molecule has 4 rings (SSSR count). The molecular weight excluding hydrogens is 418 g/mol. The normalized spacial score (nSPS) is 21.5. The number of pyridine rings is 1. The number of amides is 1. The minimum atomic E-state index is -0.651. The average molecular weight is 450 g/mol. The lowest BCUT2D eigenvalue weighted by Crippen LogP contribution is -2.33. The molecule has 7 nitrogen and oxygen atoms in total. The number of aliphatic hydroxyl groups is 1. The summed E-state index contributed by atoms with van der Waals surface area (Å²) < 4.78 is 5.76. The van der Waals surface area contributed by atoms with E-state index in [4.69, 9.17) is 4.74 Å². The third-order valence-electron chi connectivity index (χ3n) is 6.50. The van der Waals surface area contributed by atoms with Gasteiger partial charge in [0.15, 0.2) is 0 Å². The van der Waals surface area contributed by atoms with Gasteiger partial charge in [0.1, 0.15) is 17.6 Å². The number of carbonyl (C=O) groups is 2. The smallest absolute Gasteiger partial charge is 0.295 e. The molecule has 33 heavy (non-hydrogen) atoms. The third kappa shape index (κ3) is 4.50. The Hall–Kier alpha value is -3.19. The highest BCUT2D eigenvalue weighted by molar-refractivity contribution is 6.46. The maximum Gasteiger partial charge on any atom is 0.295 e. The minimum Gasteiger partial charge on any atom is -0.507 e. The molecule has 1 fully saturated rings. The molecule has 7 heteroatoms. The quantitative estimate of drug-likeness (QED) is 0.377. The fraction of sp³-hybridized carbons (Fsp3) is 0.423. The van der Waals surface area contributed by atoms with Gasteiger partial charge in [0.2, 0.25) is 0 Å². The first-order valence-corrected chi connectivity index (χ1v) is 11.6. The van der Waals surface area contributed by atoms with Crippen molar-refractivity contribution >= 4 is 17.4 Å². The van der Waals surface area contributed by atoms with Gasteiger partial charge in [0.25, 0.3) is 11.7 Å². The maximum atomic E-state index is 13.1. The number of aliphatic hydroxyl groups excluding tert-OH is 1. The van der Waals surface area contributed by atoms with Crippen molar-refractivity contribution < 1.29 is 19.4 Å². The standard InChI is InChI=1S/C26H31N3O4/c1-4-28(5-2)13-6-14-29-23(18-9-11-27-12-10-18)22(25(31)26(29)32)24(30)19-7-8-21-20(16-19)15-17(3)33-21/h7-12,16-17,23,30H,4-6,13-15H2,1-3H3/b24-22+/t17-,23-/m0/s1. The minimum absolute atomic E-state index is 0.0746. The van der Waals surface area contributed by atoms with Gasteiger partial charge in [0.05, 0.1) is 11.6 Å². The second-order valence-corrected chi connectivity index (χ2v) is 8.61. The number of hydrogen-bond donors (Lipinski definition) is 1. The molecule has 1 aromatic carbocycles. The number of nitrogens with zero attached hydrogens (tertiary/aromatic N) is 3. The molecule has 0 unspecified atom stereocenters. The van der Waals surface area contributed by atoms with Gasteiger partial charge in [-0.15, -0.1) is 0 Å². The van der Waals surface area contributed by atoms with E-state index in [1.54, 1.807) is 35.5 Å². The Bertz CT molecular complexity index is 1060. The monoisotopic (exact) mass is 449 g/mol. The van der Waals surface area contributed by atoms with Gasteiger partial charge in [-0.1, -0.05) is 13.8 Å². The zero-order valence-corrected chi connectivity index (χ0v) is 19.5. The van der Waals surface area contributed by atoms with Crippen LogP contribution in [0.3, 0.4) is 0 Å². The summed E-state index contributed by atoms with van der Waals surface area (Å²) in [5, 5.41) is 11.3. The van der Waals surface area contributed by atoms with Gasteiger partial charge in [-0.3, -0.25) is 14.6 Å². The summed E-state index contributed by atoms with van der Waals surface area (Å²) in [6, 6.07) is 8.34. The molecule has 1 N–H and O–H groups in total. The predicted octanol–water partition coefficient (Wildman–Crippen LogP) is 3.56.